The quantitative estimate of drug-likeness (QED) is 0.897. The second-order valence-electron chi connectivity index (χ2n) is 4.35. The average molecular weight is 260 g/mol. The SMILES string of the molecule is CCc1nc(-c2ccc3c(c2)NCCO3)c(C)s1. The van der Waals surface area contributed by atoms with Gasteiger partial charge >= 0.3 is 0 Å². The van der Waals surface area contributed by atoms with Crippen molar-refractivity contribution in [1.29, 1.82) is 0 Å². The summed E-state index contributed by atoms with van der Waals surface area (Å²) in [5.74, 6) is 0.939. The molecule has 4 heteroatoms. The molecule has 3 nitrogen and oxygen atoms in total. The van der Waals surface area contributed by atoms with E-state index in [1.807, 2.05) is 6.07 Å². The van der Waals surface area contributed by atoms with Crippen LogP contribution in [0.4, 0.5) is 5.69 Å². The molecular formula is C14H16N2OS. The predicted molar refractivity (Wildman–Crippen MR) is 75.6 cm³/mol. The van der Waals surface area contributed by atoms with Crippen LogP contribution in [-0.2, 0) is 6.42 Å². The summed E-state index contributed by atoms with van der Waals surface area (Å²) in [5, 5.41) is 4.56. The van der Waals surface area contributed by atoms with Crippen LogP contribution in [0.2, 0.25) is 0 Å². The average Bonchev–Trinajstić information content (AvgIpc) is 2.79. The van der Waals surface area contributed by atoms with Crippen LogP contribution in [0.15, 0.2) is 18.2 Å². The van der Waals surface area contributed by atoms with Gasteiger partial charge in [-0.2, -0.15) is 0 Å². The Balaban J connectivity index is 2.03. The molecular weight excluding hydrogens is 244 g/mol. The van der Waals surface area contributed by atoms with Crippen LogP contribution in [0.1, 0.15) is 16.8 Å². The van der Waals surface area contributed by atoms with Crippen LogP contribution in [0, 0.1) is 6.92 Å². The Hall–Kier alpha value is -1.55. The first-order chi connectivity index (χ1) is 8.78. The van der Waals surface area contributed by atoms with Crippen LogP contribution in [0.3, 0.4) is 0 Å². The number of aromatic nitrogens is 1. The molecule has 0 aliphatic carbocycles. The Morgan fingerprint density at radius 3 is 3.11 bits per heavy atom. The Kier molecular flexibility index (Phi) is 2.96. The van der Waals surface area contributed by atoms with Crippen molar-refractivity contribution < 1.29 is 4.74 Å². The highest BCUT2D eigenvalue weighted by atomic mass is 32.1. The molecule has 0 saturated heterocycles. The number of nitrogens with one attached hydrogen (secondary N) is 1. The summed E-state index contributed by atoms with van der Waals surface area (Å²) in [6, 6.07) is 6.25. The van der Waals surface area contributed by atoms with Gasteiger partial charge in [0.2, 0.25) is 0 Å². The zero-order valence-electron chi connectivity index (χ0n) is 10.6. The summed E-state index contributed by atoms with van der Waals surface area (Å²) in [7, 11) is 0. The van der Waals surface area contributed by atoms with Crippen LogP contribution < -0.4 is 10.1 Å². The molecule has 0 bridgehead atoms. The van der Waals surface area contributed by atoms with Gasteiger partial charge in [-0.15, -0.1) is 11.3 Å². The smallest absolute Gasteiger partial charge is 0.142 e. The van der Waals surface area contributed by atoms with E-state index >= 15 is 0 Å². The lowest BCUT2D eigenvalue weighted by Gasteiger charge is -2.19. The number of rotatable bonds is 2. The number of hydrogen-bond acceptors (Lipinski definition) is 4. The summed E-state index contributed by atoms with van der Waals surface area (Å²) in [5.41, 5.74) is 3.34. The van der Waals surface area contributed by atoms with E-state index in [1.165, 1.54) is 15.4 Å². The molecule has 0 radical (unpaired) electrons. The zero-order chi connectivity index (χ0) is 12.5. The van der Waals surface area contributed by atoms with Crippen molar-refractivity contribution in [3.8, 4) is 17.0 Å². The maximum Gasteiger partial charge on any atom is 0.142 e. The minimum absolute atomic E-state index is 0.738. The maximum atomic E-state index is 5.59. The van der Waals surface area contributed by atoms with E-state index in [9.17, 15) is 0 Å². The lowest BCUT2D eigenvalue weighted by atomic mass is 10.1. The van der Waals surface area contributed by atoms with Crippen LogP contribution >= 0.6 is 11.3 Å². The van der Waals surface area contributed by atoms with Gasteiger partial charge in [-0.25, -0.2) is 4.98 Å². The normalized spacial score (nSPS) is 13.7. The van der Waals surface area contributed by atoms with Gasteiger partial charge in [-0.05, 0) is 31.5 Å². The molecule has 1 aliphatic rings. The second-order valence-corrected chi connectivity index (χ2v) is 5.64. The van der Waals surface area contributed by atoms with E-state index in [-0.39, 0.29) is 0 Å². The lowest BCUT2D eigenvalue weighted by molar-refractivity contribution is 0.323. The van der Waals surface area contributed by atoms with E-state index in [0.29, 0.717) is 0 Å². The summed E-state index contributed by atoms with van der Waals surface area (Å²) < 4.78 is 5.59. The Morgan fingerprint density at radius 2 is 2.33 bits per heavy atom. The van der Waals surface area contributed by atoms with Crippen molar-refractivity contribution in [1.82, 2.24) is 4.98 Å². The molecule has 0 fully saturated rings. The molecule has 1 aromatic heterocycles. The standard InChI is InChI=1S/C14H16N2OS/c1-3-13-16-14(9(2)18-13)10-4-5-12-11(8-10)15-6-7-17-12/h4-5,8,15H,3,6-7H2,1-2H3. The Bertz CT molecular complexity index is 577. The third kappa shape index (κ3) is 1.97. The first-order valence-corrected chi connectivity index (χ1v) is 7.07. The maximum absolute atomic E-state index is 5.59. The molecule has 0 amide bonds. The van der Waals surface area contributed by atoms with Crippen molar-refractivity contribution in [3.05, 3.63) is 28.1 Å². The molecule has 18 heavy (non-hydrogen) atoms. The Labute approximate surface area is 111 Å². The van der Waals surface area contributed by atoms with Crippen LogP contribution in [-0.4, -0.2) is 18.1 Å². The second kappa shape index (κ2) is 4.61. The molecule has 2 heterocycles. The van der Waals surface area contributed by atoms with Crippen LogP contribution in [0.5, 0.6) is 5.75 Å². The topological polar surface area (TPSA) is 34.2 Å². The Morgan fingerprint density at radius 1 is 1.44 bits per heavy atom. The minimum atomic E-state index is 0.738. The molecule has 1 aliphatic heterocycles. The molecule has 0 spiro atoms. The molecule has 94 valence electrons. The molecule has 0 unspecified atom stereocenters. The minimum Gasteiger partial charge on any atom is -0.490 e. The summed E-state index contributed by atoms with van der Waals surface area (Å²) >= 11 is 1.78. The lowest BCUT2D eigenvalue weighted by Crippen LogP contribution is -2.17. The van der Waals surface area contributed by atoms with Gasteiger partial charge in [-0.1, -0.05) is 6.92 Å². The van der Waals surface area contributed by atoms with Crippen molar-refractivity contribution in [3.63, 3.8) is 0 Å². The highest BCUT2D eigenvalue weighted by molar-refractivity contribution is 7.12. The number of thiazole rings is 1. The van der Waals surface area contributed by atoms with Gasteiger partial charge in [0.25, 0.3) is 0 Å². The fourth-order valence-electron chi connectivity index (χ4n) is 2.16. The van der Waals surface area contributed by atoms with Gasteiger partial charge in [0.1, 0.15) is 12.4 Å². The predicted octanol–water partition coefficient (Wildman–Crippen LogP) is 3.49. The first kappa shape index (κ1) is 11.5. The van der Waals surface area contributed by atoms with Crippen molar-refractivity contribution in [2.24, 2.45) is 0 Å². The highest BCUT2D eigenvalue weighted by Crippen LogP contribution is 2.34. The summed E-state index contributed by atoms with van der Waals surface area (Å²) in [4.78, 5) is 5.98. The summed E-state index contributed by atoms with van der Waals surface area (Å²) in [6.45, 7) is 5.88. The van der Waals surface area contributed by atoms with E-state index < -0.39 is 0 Å². The molecule has 2 aromatic rings. The fraction of sp³-hybridized carbons (Fsp3) is 0.357. The van der Waals surface area contributed by atoms with E-state index in [4.69, 9.17) is 9.72 Å². The van der Waals surface area contributed by atoms with Crippen molar-refractivity contribution in [2.75, 3.05) is 18.5 Å². The molecule has 0 atom stereocenters. The largest absolute Gasteiger partial charge is 0.490 e. The molecule has 3 rings (SSSR count). The van der Waals surface area contributed by atoms with Gasteiger partial charge in [-0.3, -0.25) is 0 Å². The van der Waals surface area contributed by atoms with Crippen molar-refractivity contribution in [2.45, 2.75) is 20.3 Å². The van der Waals surface area contributed by atoms with Gasteiger partial charge in [0.15, 0.2) is 0 Å². The number of aryl methyl sites for hydroxylation is 2. The first-order valence-electron chi connectivity index (χ1n) is 6.25. The highest BCUT2D eigenvalue weighted by Gasteiger charge is 2.14. The number of benzene rings is 1. The molecule has 1 N–H and O–H groups in total. The van der Waals surface area contributed by atoms with E-state index in [0.717, 1.165) is 36.7 Å². The number of nitrogens with zero attached hydrogens (tertiary/aromatic N) is 1. The van der Waals surface area contributed by atoms with Crippen LogP contribution in [0.25, 0.3) is 11.3 Å². The van der Waals surface area contributed by atoms with E-state index in [1.54, 1.807) is 11.3 Å². The summed E-state index contributed by atoms with van der Waals surface area (Å²) in [6.07, 6.45) is 0.998. The molecule has 1 aromatic carbocycles. The fourth-order valence-corrected chi connectivity index (χ4v) is 3.05. The third-order valence-electron chi connectivity index (χ3n) is 3.07. The van der Waals surface area contributed by atoms with Gasteiger partial charge in [0.05, 0.1) is 16.4 Å². The van der Waals surface area contributed by atoms with Crippen molar-refractivity contribution >= 4 is 17.0 Å². The van der Waals surface area contributed by atoms with E-state index in [2.05, 4.69) is 31.3 Å². The van der Waals surface area contributed by atoms with Gasteiger partial charge < -0.3 is 10.1 Å². The number of fused-ring (bicyclic) bond motifs is 1. The van der Waals surface area contributed by atoms with Gasteiger partial charge in [0, 0.05) is 17.0 Å². The number of ether oxygens (including phenoxy) is 1. The number of anilines is 1. The molecule has 0 saturated carbocycles. The third-order valence-corrected chi connectivity index (χ3v) is 4.19. The number of hydrogen-bond donors (Lipinski definition) is 1. The monoisotopic (exact) mass is 260 g/mol. The zero-order valence-corrected chi connectivity index (χ0v) is 11.4.